The molecule has 1 aromatic rings. The van der Waals surface area contributed by atoms with Crippen molar-refractivity contribution in [3.63, 3.8) is 0 Å². The van der Waals surface area contributed by atoms with Gasteiger partial charge in [-0.2, -0.15) is 0 Å². The van der Waals surface area contributed by atoms with Gasteiger partial charge in [-0.05, 0) is 56.4 Å². The number of nitrogens with zero attached hydrogens (tertiary/aromatic N) is 1. The Hall–Kier alpha value is -2.04. The van der Waals surface area contributed by atoms with Crippen LogP contribution in [0.1, 0.15) is 101 Å². The van der Waals surface area contributed by atoms with Crippen molar-refractivity contribution in [2.24, 2.45) is 5.16 Å². The van der Waals surface area contributed by atoms with Gasteiger partial charge in [0.15, 0.2) is 0 Å². The Bertz CT molecular complexity index is 555. The van der Waals surface area contributed by atoms with Crippen LogP contribution in [0, 0.1) is 0 Å². The Morgan fingerprint density at radius 2 is 1.39 bits per heavy atom. The molecule has 1 aromatic carbocycles. The smallest absolute Gasteiger partial charge is 0.335 e. The molecule has 0 saturated heterocycles. The van der Waals surface area contributed by atoms with E-state index in [0.29, 0.717) is 5.56 Å². The Morgan fingerprint density at radius 3 is 1.93 bits per heavy atom. The number of aromatic carboxylic acids is 1. The van der Waals surface area contributed by atoms with E-state index in [2.05, 4.69) is 17.4 Å². The lowest BCUT2D eigenvalue weighted by Gasteiger charge is -2.07. The Balaban J connectivity index is 2.00. The highest BCUT2D eigenvalue weighted by molar-refractivity contribution is 5.88. The SMILES string of the molecule is CCCCCCCCCC/C(CCCCCNc1ccc(C(=O)O)cc1)=N\O. The summed E-state index contributed by atoms with van der Waals surface area (Å²) >= 11 is 0. The zero-order valence-corrected chi connectivity index (χ0v) is 17.5. The molecular formula is C23H38N2O3. The molecule has 0 aliphatic carbocycles. The van der Waals surface area contributed by atoms with E-state index in [0.717, 1.165) is 56.5 Å². The summed E-state index contributed by atoms with van der Waals surface area (Å²) in [4.78, 5) is 10.8. The van der Waals surface area contributed by atoms with Crippen molar-refractivity contribution in [2.75, 3.05) is 11.9 Å². The molecule has 0 amide bonds. The molecule has 0 spiro atoms. The van der Waals surface area contributed by atoms with Gasteiger partial charge in [0.25, 0.3) is 0 Å². The van der Waals surface area contributed by atoms with Crippen molar-refractivity contribution >= 4 is 17.4 Å². The molecule has 0 aliphatic heterocycles. The van der Waals surface area contributed by atoms with E-state index in [1.54, 1.807) is 24.3 Å². The normalized spacial score (nSPS) is 11.5. The second-order valence-corrected chi connectivity index (χ2v) is 7.51. The molecule has 0 unspecified atom stereocenters. The summed E-state index contributed by atoms with van der Waals surface area (Å²) < 4.78 is 0. The Kier molecular flexibility index (Phi) is 13.7. The summed E-state index contributed by atoms with van der Waals surface area (Å²) in [6.45, 7) is 3.10. The topological polar surface area (TPSA) is 81.9 Å². The number of anilines is 1. The summed E-state index contributed by atoms with van der Waals surface area (Å²) in [5.74, 6) is -0.903. The van der Waals surface area contributed by atoms with Crippen molar-refractivity contribution < 1.29 is 15.1 Å². The summed E-state index contributed by atoms with van der Waals surface area (Å²) in [6, 6.07) is 6.81. The van der Waals surface area contributed by atoms with E-state index < -0.39 is 5.97 Å². The van der Waals surface area contributed by atoms with Crippen LogP contribution in [-0.4, -0.2) is 28.5 Å². The summed E-state index contributed by atoms with van der Waals surface area (Å²) in [7, 11) is 0. The molecule has 5 nitrogen and oxygen atoms in total. The Labute approximate surface area is 170 Å². The summed E-state index contributed by atoms with van der Waals surface area (Å²) in [5, 5.41) is 24.9. The molecule has 0 bridgehead atoms. The number of hydrogen-bond donors (Lipinski definition) is 3. The zero-order valence-electron chi connectivity index (χ0n) is 17.5. The minimum absolute atomic E-state index is 0.304. The second kappa shape index (κ2) is 16.0. The molecule has 28 heavy (non-hydrogen) atoms. The molecule has 0 fully saturated rings. The van der Waals surface area contributed by atoms with Gasteiger partial charge in [0.05, 0.1) is 11.3 Å². The van der Waals surface area contributed by atoms with E-state index in [9.17, 15) is 10.0 Å². The predicted octanol–water partition coefficient (Wildman–Crippen LogP) is 6.72. The van der Waals surface area contributed by atoms with Crippen LogP contribution >= 0.6 is 0 Å². The van der Waals surface area contributed by atoms with Gasteiger partial charge in [-0.3, -0.25) is 0 Å². The molecule has 158 valence electrons. The molecular weight excluding hydrogens is 352 g/mol. The van der Waals surface area contributed by atoms with Gasteiger partial charge in [0.1, 0.15) is 0 Å². The third-order valence-electron chi connectivity index (χ3n) is 5.06. The van der Waals surface area contributed by atoms with Crippen molar-refractivity contribution in [2.45, 2.75) is 90.4 Å². The molecule has 1 rings (SSSR count). The fraction of sp³-hybridized carbons (Fsp3) is 0.652. The van der Waals surface area contributed by atoms with Crippen LogP contribution in [0.25, 0.3) is 0 Å². The highest BCUT2D eigenvalue weighted by Gasteiger charge is 2.03. The molecule has 5 heteroatoms. The summed E-state index contributed by atoms with van der Waals surface area (Å²) in [5.41, 5.74) is 2.18. The van der Waals surface area contributed by atoms with E-state index >= 15 is 0 Å². The van der Waals surface area contributed by atoms with Gasteiger partial charge < -0.3 is 15.6 Å². The van der Waals surface area contributed by atoms with Crippen LogP contribution < -0.4 is 5.32 Å². The first-order valence-corrected chi connectivity index (χ1v) is 10.9. The number of oxime groups is 1. The van der Waals surface area contributed by atoms with Gasteiger partial charge in [0, 0.05) is 12.2 Å². The molecule has 0 radical (unpaired) electrons. The van der Waals surface area contributed by atoms with Crippen molar-refractivity contribution in [3.05, 3.63) is 29.8 Å². The Morgan fingerprint density at radius 1 is 0.857 bits per heavy atom. The summed E-state index contributed by atoms with van der Waals surface area (Å²) in [6.07, 6.45) is 15.3. The molecule has 0 heterocycles. The first-order valence-electron chi connectivity index (χ1n) is 10.9. The number of carbonyl (C=O) groups is 1. The lowest BCUT2D eigenvalue weighted by atomic mass is 10.0. The molecule has 0 saturated carbocycles. The highest BCUT2D eigenvalue weighted by Crippen LogP contribution is 2.13. The molecule has 0 atom stereocenters. The molecule has 0 aliphatic rings. The third kappa shape index (κ3) is 11.6. The van der Waals surface area contributed by atoms with Crippen LogP contribution in [0.4, 0.5) is 5.69 Å². The first-order chi connectivity index (χ1) is 13.7. The maximum atomic E-state index is 10.8. The minimum atomic E-state index is -0.903. The lowest BCUT2D eigenvalue weighted by Crippen LogP contribution is -2.03. The quantitative estimate of drug-likeness (QED) is 0.119. The fourth-order valence-corrected chi connectivity index (χ4v) is 3.28. The van der Waals surface area contributed by atoms with Crippen LogP contribution in [0.15, 0.2) is 29.4 Å². The predicted molar refractivity (Wildman–Crippen MR) is 117 cm³/mol. The molecule has 0 aromatic heterocycles. The first kappa shape index (κ1) is 24.0. The number of hydrogen-bond acceptors (Lipinski definition) is 4. The van der Waals surface area contributed by atoms with Gasteiger partial charge in [-0.25, -0.2) is 4.79 Å². The maximum absolute atomic E-state index is 10.8. The average molecular weight is 391 g/mol. The van der Waals surface area contributed by atoms with Crippen molar-refractivity contribution in [1.82, 2.24) is 0 Å². The maximum Gasteiger partial charge on any atom is 0.335 e. The highest BCUT2D eigenvalue weighted by atomic mass is 16.4. The van der Waals surface area contributed by atoms with E-state index in [-0.39, 0.29) is 0 Å². The monoisotopic (exact) mass is 390 g/mol. The van der Waals surface area contributed by atoms with Gasteiger partial charge in [0.2, 0.25) is 0 Å². The number of carboxylic acid groups (broad SMARTS) is 1. The number of nitrogens with one attached hydrogen (secondary N) is 1. The van der Waals surface area contributed by atoms with E-state index in [1.807, 2.05) is 0 Å². The number of benzene rings is 1. The zero-order chi connectivity index (χ0) is 20.5. The second-order valence-electron chi connectivity index (χ2n) is 7.51. The average Bonchev–Trinajstić information content (AvgIpc) is 2.71. The third-order valence-corrected chi connectivity index (χ3v) is 5.06. The van der Waals surface area contributed by atoms with Crippen LogP contribution in [-0.2, 0) is 0 Å². The number of carboxylic acids is 1. The van der Waals surface area contributed by atoms with E-state index in [4.69, 9.17) is 5.11 Å². The minimum Gasteiger partial charge on any atom is -0.478 e. The lowest BCUT2D eigenvalue weighted by molar-refractivity contribution is 0.0697. The van der Waals surface area contributed by atoms with Crippen molar-refractivity contribution in [1.29, 1.82) is 0 Å². The largest absolute Gasteiger partial charge is 0.478 e. The van der Waals surface area contributed by atoms with Gasteiger partial charge in [-0.1, -0.05) is 63.4 Å². The number of rotatable bonds is 17. The van der Waals surface area contributed by atoms with Crippen LogP contribution in [0.2, 0.25) is 0 Å². The van der Waals surface area contributed by atoms with Crippen LogP contribution in [0.3, 0.4) is 0 Å². The fourth-order valence-electron chi connectivity index (χ4n) is 3.28. The van der Waals surface area contributed by atoms with E-state index in [1.165, 1.54) is 44.9 Å². The number of unbranched alkanes of at least 4 members (excludes halogenated alkanes) is 9. The van der Waals surface area contributed by atoms with Gasteiger partial charge >= 0.3 is 5.97 Å². The van der Waals surface area contributed by atoms with Gasteiger partial charge in [-0.15, -0.1) is 0 Å². The standard InChI is InChI=1S/C23H38N2O3/c1-2-3-4-5-6-7-8-10-13-22(25-28)14-11-9-12-19-24-21-17-15-20(16-18-21)23(26)27/h15-18,24,28H,2-14,19H2,1H3,(H,26,27)/b25-22+. The van der Waals surface area contributed by atoms with Crippen molar-refractivity contribution in [3.8, 4) is 0 Å². The van der Waals surface area contributed by atoms with Crippen LogP contribution in [0.5, 0.6) is 0 Å². The molecule has 3 N–H and O–H groups in total.